The molecule has 0 heterocycles. The van der Waals surface area contributed by atoms with Gasteiger partial charge in [0.05, 0.1) is 0 Å². The summed E-state index contributed by atoms with van der Waals surface area (Å²) in [5.41, 5.74) is 25.6. The second-order valence-electron chi connectivity index (χ2n) is 20.5. The van der Waals surface area contributed by atoms with Crippen LogP contribution in [-0.4, -0.2) is 9.52 Å². The van der Waals surface area contributed by atoms with Crippen LogP contribution in [0.5, 0.6) is 0 Å². The number of hydrogen-bond acceptors (Lipinski definition) is 0. The van der Waals surface area contributed by atoms with Gasteiger partial charge in [0.1, 0.15) is 0 Å². The third-order valence-electron chi connectivity index (χ3n) is 14.1. The Bertz CT molecular complexity index is 2410. The lowest BCUT2D eigenvalue weighted by molar-refractivity contribution is 0.686. The van der Waals surface area contributed by atoms with Crippen LogP contribution in [0.4, 0.5) is 0 Å². The molecule has 1 heteroatoms. The van der Waals surface area contributed by atoms with Crippen molar-refractivity contribution in [1.82, 2.24) is 0 Å². The van der Waals surface area contributed by atoms with Gasteiger partial charge in [-0.25, -0.2) is 0 Å². The summed E-state index contributed by atoms with van der Waals surface area (Å²) in [4.78, 5) is 0. The van der Waals surface area contributed by atoms with Crippen LogP contribution >= 0.6 is 0 Å². The lowest BCUT2D eigenvalue weighted by Crippen LogP contribution is -2.11. The summed E-state index contributed by atoms with van der Waals surface area (Å²) < 4.78 is 0. The molecule has 6 aromatic carbocycles. The number of rotatable bonds is 14. The van der Waals surface area contributed by atoms with E-state index in [0.717, 1.165) is 9.52 Å². The maximum atomic E-state index is 2.62. The van der Waals surface area contributed by atoms with Gasteiger partial charge in [0.25, 0.3) is 0 Å². The standard InChI is InChI=1S/C62H70Si/c1-37(2)45-27-46(38(3)4)30-49(29-45)61-51(43-19-15-13-16-20-43)23-25-53-57(61)33-55(41(9)10)59(53)35-63-36-60-54-26-24-52(44-21-17-14-18-22-44)62(58(54)34-56(60)42(11)12)50-31-47(39(5)6)28-48(32-50)40(7)8/h13-34,37-42,59-60H,35-36H2,1-12H3. The smallest absolute Gasteiger partial charge is 0.0397 e. The lowest BCUT2D eigenvalue weighted by Gasteiger charge is -2.24. The summed E-state index contributed by atoms with van der Waals surface area (Å²) >= 11 is 0. The average Bonchev–Trinajstić information content (AvgIpc) is 3.84. The fraction of sp³-hybridized carbons (Fsp3) is 0.355. The Morgan fingerprint density at radius 1 is 0.365 bits per heavy atom. The predicted molar refractivity (Wildman–Crippen MR) is 277 cm³/mol. The van der Waals surface area contributed by atoms with Crippen molar-refractivity contribution >= 4 is 21.7 Å². The molecule has 0 aromatic heterocycles. The SMILES string of the molecule is CC(C)C1=Cc2c(ccc(-c3ccccc3)c2-c2cc(C(C)C)cc(C(C)C)c2)C1C[Si]CC1C(C(C)C)=Cc2c1ccc(-c1ccccc1)c2-c1cc(C(C)C)cc(C(C)C)c1. The lowest BCUT2D eigenvalue weighted by atomic mass is 9.84. The van der Waals surface area contributed by atoms with Crippen LogP contribution < -0.4 is 0 Å². The fourth-order valence-electron chi connectivity index (χ4n) is 10.4. The number of benzene rings is 6. The molecule has 8 rings (SSSR count). The Kier molecular flexibility index (Phi) is 13.2. The van der Waals surface area contributed by atoms with Gasteiger partial charge >= 0.3 is 0 Å². The summed E-state index contributed by atoms with van der Waals surface area (Å²) in [6, 6.07) is 49.3. The van der Waals surface area contributed by atoms with Gasteiger partial charge in [-0.3, -0.25) is 0 Å². The molecule has 0 saturated carbocycles. The van der Waals surface area contributed by atoms with E-state index in [1.807, 2.05) is 0 Å². The van der Waals surface area contributed by atoms with Gasteiger partial charge in [-0.2, -0.15) is 0 Å². The Morgan fingerprint density at radius 2 is 0.698 bits per heavy atom. The second-order valence-corrected chi connectivity index (χ2v) is 21.8. The average molecular weight is 843 g/mol. The molecule has 0 nitrogen and oxygen atoms in total. The molecule has 2 aliphatic carbocycles. The Labute approximate surface area is 383 Å². The van der Waals surface area contributed by atoms with Crippen LogP contribution in [0.25, 0.3) is 56.7 Å². The highest BCUT2D eigenvalue weighted by molar-refractivity contribution is 6.36. The highest BCUT2D eigenvalue weighted by atomic mass is 28.2. The molecule has 2 atom stereocenters. The molecule has 0 fully saturated rings. The molecule has 6 aromatic rings. The van der Waals surface area contributed by atoms with Crippen LogP contribution in [0.2, 0.25) is 12.1 Å². The van der Waals surface area contributed by atoms with E-state index in [-0.39, 0.29) is 0 Å². The molecule has 0 aliphatic heterocycles. The van der Waals surface area contributed by atoms with Crippen molar-refractivity contribution in [2.75, 3.05) is 0 Å². The fourth-order valence-corrected chi connectivity index (χ4v) is 12.0. The molecular weight excluding hydrogens is 773 g/mol. The van der Waals surface area contributed by atoms with Crippen molar-refractivity contribution in [3.05, 3.63) is 177 Å². The zero-order chi connectivity index (χ0) is 44.7. The third-order valence-corrected chi connectivity index (χ3v) is 15.5. The Hall–Kier alpha value is -4.98. The van der Waals surface area contributed by atoms with Gasteiger partial charge in [-0.05, 0) is 125 Å². The van der Waals surface area contributed by atoms with Gasteiger partial charge in [0.2, 0.25) is 0 Å². The first kappa shape index (κ1) is 44.6. The zero-order valence-electron chi connectivity index (χ0n) is 40.2. The summed E-state index contributed by atoms with van der Waals surface area (Å²) in [7, 11) is 0.845. The molecule has 2 aliphatic rings. The van der Waals surface area contributed by atoms with E-state index in [1.54, 1.807) is 11.1 Å². The number of allylic oxidation sites excluding steroid dienone is 2. The minimum absolute atomic E-state index is 0.427. The van der Waals surface area contributed by atoms with Gasteiger partial charge in [0, 0.05) is 21.4 Å². The van der Waals surface area contributed by atoms with Gasteiger partial charge in [-0.1, -0.05) is 240 Å². The van der Waals surface area contributed by atoms with Crippen molar-refractivity contribution < 1.29 is 0 Å². The van der Waals surface area contributed by atoms with Crippen LogP contribution in [0.3, 0.4) is 0 Å². The van der Waals surface area contributed by atoms with E-state index in [4.69, 9.17) is 0 Å². The molecule has 0 bridgehead atoms. The molecular formula is C62H70Si. The molecule has 0 saturated heterocycles. The Balaban J connectivity index is 1.20. The van der Waals surface area contributed by atoms with Gasteiger partial charge in [-0.15, -0.1) is 0 Å². The largest absolute Gasteiger partial charge is 0.0622 e. The second kappa shape index (κ2) is 18.6. The molecule has 0 amide bonds. The first-order chi connectivity index (χ1) is 30.2. The highest BCUT2D eigenvalue weighted by Gasteiger charge is 2.34. The van der Waals surface area contributed by atoms with Crippen molar-refractivity contribution in [1.29, 1.82) is 0 Å². The van der Waals surface area contributed by atoms with Gasteiger partial charge < -0.3 is 0 Å². The van der Waals surface area contributed by atoms with Crippen LogP contribution in [-0.2, 0) is 0 Å². The van der Waals surface area contributed by atoms with Gasteiger partial charge in [0.15, 0.2) is 0 Å². The van der Waals surface area contributed by atoms with E-state index >= 15 is 0 Å². The summed E-state index contributed by atoms with van der Waals surface area (Å²) in [6.07, 6.45) is 5.23. The molecule has 322 valence electrons. The van der Waals surface area contributed by atoms with Crippen molar-refractivity contribution in [2.24, 2.45) is 11.8 Å². The number of hydrogen-bond donors (Lipinski definition) is 0. The maximum absolute atomic E-state index is 2.62. The Morgan fingerprint density at radius 3 is 1.00 bits per heavy atom. The van der Waals surface area contributed by atoms with Crippen LogP contribution in [0, 0.1) is 11.8 Å². The summed E-state index contributed by atoms with van der Waals surface area (Å²) in [6.45, 7) is 28.4. The van der Waals surface area contributed by atoms with Crippen molar-refractivity contribution in [2.45, 2.75) is 131 Å². The minimum Gasteiger partial charge on any atom is -0.0622 e. The molecule has 0 spiro atoms. The molecule has 63 heavy (non-hydrogen) atoms. The molecule has 0 N–H and O–H groups in total. The molecule has 2 unspecified atom stereocenters. The molecule has 2 radical (unpaired) electrons. The monoisotopic (exact) mass is 843 g/mol. The summed E-state index contributed by atoms with van der Waals surface area (Å²) in [5.74, 6) is 3.65. The minimum atomic E-state index is 0.427. The van der Waals surface area contributed by atoms with Crippen molar-refractivity contribution in [3.8, 4) is 44.5 Å². The first-order valence-electron chi connectivity index (χ1n) is 24.1. The quantitative estimate of drug-likeness (QED) is 0.0959. The predicted octanol–water partition coefficient (Wildman–Crippen LogP) is 18.4. The van der Waals surface area contributed by atoms with E-state index < -0.39 is 0 Å². The van der Waals surface area contributed by atoms with E-state index in [9.17, 15) is 0 Å². The van der Waals surface area contributed by atoms with Crippen molar-refractivity contribution in [3.63, 3.8) is 0 Å². The third kappa shape index (κ3) is 8.93. The highest BCUT2D eigenvalue weighted by Crippen LogP contribution is 2.52. The van der Waals surface area contributed by atoms with E-state index in [2.05, 4.69) is 217 Å². The number of fused-ring (bicyclic) bond motifs is 2. The van der Waals surface area contributed by atoms with Crippen LogP contribution in [0.15, 0.2) is 132 Å². The summed E-state index contributed by atoms with van der Waals surface area (Å²) in [5, 5.41) is 0. The topological polar surface area (TPSA) is 0 Å². The normalized spacial score (nSPS) is 15.9. The first-order valence-corrected chi connectivity index (χ1v) is 25.5. The van der Waals surface area contributed by atoms with Crippen LogP contribution in [0.1, 0.15) is 163 Å². The maximum Gasteiger partial charge on any atom is 0.0397 e. The zero-order valence-corrected chi connectivity index (χ0v) is 41.2. The van der Waals surface area contributed by atoms with E-state index in [1.165, 1.54) is 101 Å². The van der Waals surface area contributed by atoms with E-state index in [0.29, 0.717) is 47.3 Å².